The summed E-state index contributed by atoms with van der Waals surface area (Å²) < 4.78 is 0. The summed E-state index contributed by atoms with van der Waals surface area (Å²) in [5.74, 6) is -0.474. The molecule has 0 spiro atoms. The standard InChI is InChI=1S/C14H25N3O2/c15-11-6-4-5-10(9-11)12(18)17-14(13(16)19)7-2-1-3-8-14/h10-11H,1-9,15H2,(H2,16,19)(H,17,18). The molecule has 0 aromatic heterocycles. The van der Waals surface area contributed by atoms with Crippen LogP contribution in [0.15, 0.2) is 0 Å². The van der Waals surface area contributed by atoms with Crippen molar-refractivity contribution in [2.75, 3.05) is 0 Å². The van der Waals surface area contributed by atoms with E-state index in [1.165, 1.54) is 0 Å². The van der Waals surface area contributed by atoms with Gasteiger partial charge in [-0.05, 0) is 32.1 Å². The Labute approximate surface area is 114 Å². The minimum absolute atomic E-state index is 0.0316. The highest BCUT2D eigenvalue weighted by molar-refractivity contribution is 5.91. The Morgan fingerprint density at radius 3 is 2.32 bits per heavy atom. The smallest absolute Gasteiger partial charge is 0.243 e. The highest BCUT2D eigenvalue weighted by Crippen LogP contribution is 2.30. The van der Waals surface area contributed by atoms with E-state index >= 15 is 0 Å². The summed E-state index contributed by atoms with van der Waals surface area (Å²) in [4.78, 5) is 24.1. The highest BCUT2D eigenvalue weighted by Gasteiger charge is 2.40. The van der Waals surface area contributed by atoms with E-state index in [9.17, 15) is 9.59 Å². The van der Waals surface area contributed by atoms with Crippen LogP contribution in [0.3, 0.4) is 0 Å². The predicted octanol–water partition coefficient (Wildman–Crippen LogP) is 0.808. The van der Waals surface area contributed by atoms with Crippen molar-refractivity contribution in [1.29, 1.82) is 0 Å². The quantitative estimate of drug-likeness (QED) is 0.705. The molecule has 2 fully saturated rings. The summed E-state index contributed by atoms with van der Waals surface area (Å²) in [6, 6.07) is 0.111. The average Bonchev–Trinajstić information content (AvgIpc) is 2.39. The van der Waals surface area contributed by atoms with Crippen LogP contribution in [0.1, 0.15) is 57.8 Å². The molecular formula is C14H25N3O2. The molecule has 5 N–H and O–H groups in total. The van der Waals surface area contributed by atoms with E-state index in [2.05, 4.69) is 5.32 Å². The molecule has 2 aliphatic carbocycles. The van der Waals surface area contributed by atoms with Crippen LogP contribution >= 0.6 is 0 Å². The van der Waals surface area contributed by atoms with Gasteiger partial charge in [-0.2, -0.15) is 0 Å². The second-order valence-corrected chi connectivity index (χ2v) is 6.12. The monoisotopic (exact) mass is 267 g/mol. The van der Waals surface area contributed by atoms with Crippen LogP contribution in [0.2, 0.25) is 0 Å². The number of nitrogens with one attached hydrogen (secondary N) is 1. The number of carbonyl (C=O) groups is 2. The fourth-order valence-corrected chi connectivity index (χ4v) is 3.39. The van der Waals surface area contributed by atoms with Crippen molar-refractivity contribution in [1.82, 2.24) is 5.32 Å². The van der Waals surface area contributed by atoms with Crippen LogP contribution in [0.5, 0.6) is 0 Å². The number of primary amides is 1. The molecule has 2 rings (SSSR count). The molecule has 0 aliphatic heterocycles. The fraction of sp³-hybridized carbons (Fsp3) is 0.857. The van der Waals surface area contributed by atoms with Crippen LogP contribution in [0.4, 0.5) is 0 Å². The molecule has 2 atom stereocenters. The first kappa shape index (κ1) is 14.3. The number of amides is 2. The van der Waals surface area contributed by atoms with Gasteiger partial charge in [0, 0.05) is 12.0 Å². The van der Waals surface area contributed by atoms with Crippen LogP contribution in [-0.4, -0.2) is 23.4 Å². The summed E-state index contributed by atoms with van der Waals surface area (Å²) in [7, 11) is 0. The number of nitrogens with two attached hydrogens (primary N) is 2. The van der Waals surface area contributed by atoms with Gasteiger partial charge in [0.25, 0.3) is 0 Å². The van der Waals surface area contributed by atoms with Gasteiger partial charge in [0.05, 0.1) is 0 Å². The maximum atomic E-state index is 12.3. The highest BCUT2D eigenvalue weighted by atomic mass is 16.2. The zero-order valence-corrected chi connectivity index (χ0v) is 11.5. The van der Waals surface area contributed by atoms with Gasteiger partial charge in [0.15, 0.2) is 0 Å². The lowest BCUT2D eigenvalue weighted by molar-refractivity contribution is -0.135. The minimum Gasteiger partial charge on any atom is -0.368 e. The van der Waals surface area contributed by atoms with Gasteiger partial charge in [-0.25, -0.2) is 0 Å². The lowest BCUT2D eigenvalue weighted by Crippen LogP contribution is -2.59. The van der Waals surface area contributed by atoms with Gasteiger partial charge in [0.2, 0.25) is 11.8 Å². The predicted molar refractivity (Wildman–Crippen MR) is 73.1 cm³/mol. The van der Waals surface area contributed by atoms with E-state index in [0.29, 0.717) is 12.8 Å². The molecule has 0 aromatic carbocycles. The molecule has 0 bridgehead atoms. The van der Waals surface area contributed by atoms with E-state index in [0.717, 1.165) is 44.9 Å². The molecular weight excluding hydrogens is 242 g/mol. The lowest BCUT2D eigenvalue weighted by Gasteiger charge is -2.37. The van der Waals surface area contributed by atoms with Crippen molar-refractivity contribution >= 4 is 11.8 Å². The van der Waals surface area contributed by atoms with Crippen LogP contribution < -0.4 is 16.8 Å². The first-order chi connectivity index (χ1) is 9.03. The second kappa shape index (κ2) is 5.90. The molecule has 108 valence electrons. The molecule has 5 heteroatoms. The Morgan fingerprint density at radius 2 is 1.74 bits per heavy atom. The molecule has 2 amide bonds. The lowest BCUT2D eigenvalue weighted by atomic mass is 9.79. The molecule has 0 heterocycles. The van der Waals surface area contributed by atoms with Gasteiger partial charge >= 0.3 is 0 Å². The average molecular weight is 267 g/mol. The number of rotatable bonds is 3. The third-order valence-corrected chi connectivity index (χ3v) is 4.63. The molecule has 0 aromatic rings. The molecule has 2 aliphatic rings. The van der Waals surface area contributed by atoms with Crippen molar-refractivity contribution < 1.29 is 9.59 Å². The number of hydrogen-bond acceptors (Lipinski definition) is 3. The Hall–Kier alpha value is -1.10. The SMILES string of the molecule is NC(=O)C1(NC(=O)C2CCCC(N)C2)CCCCC1. The largest absolute Gasteiger partial charge is 0.368 e. The summed E-state index contributed by atoms with van der Waals surface area (Å²) in [6.07, 6.45) is 7.93. The summed E-state index contributed by atoms with van der Waals surface area (Å²) in [6.45, 7) is 0. The topological polar surface area (TPSA) is 98.2 Å². The van der Waals surface area contributed by atoms with Crippen molar-refractivity contribution in [2.24, 2.45) is 17.4 Å². The molecule has 2 saturated carbocycles. The van der Waals surface area contributed by atoms with Gasteiger partial charge in [0.1, 0.15) is 5.54 Å². The first-order valence-corrected chi connectivity index (χ1v) is 7.41. The third-order valence-electron chi connectivity index (χ3n) is 4.63. The maximum Gasteiger partial charge on any atom is 0.243 e. The fourth-order valence-electron chi connectivity index (χ4n) is 3.39. The van der Waals surface area contributed by atoms with E-state index in [1.54, 1.807) is 0 Å². The normalized spacial score (nSPS) is 30.6. The second-order valence-electron chi connectivity index (χ2n) is 6.12. The van der Waals surface area contributed by atoms with Gasteiger partial charge in [-0.3, -0.25) is 9.59 Å². The minimum atomic E-state index is -0.809. The third kappa shape index (κ3) is 3.26. The van der Waals surface area contributed by atoms with E-state index in [4.69, 9.17) is 11.5 Å². The Morgan fingerprint density at radius 1 is 1.05 bits per heavy atom. The molecule has 2 unspecified atom stereocenters. The molecule has 0 radical (unpaired) electrons. The number of carbonyl (C=O) groups excluding carboxylic acids is 2. The van der Waals surface area contributed by atoms with Crippen molar-refractivity contribution in [3.63, 3.8) is 0 Å². The van der Waals surface area contributed by atoms with Crippen molar-refractivity contribution in [2.45, 2.75) is 69.4 Å². The van der Waals surface area contributed by atoms with Crippen molar-refractivity contribution in [3.8, 4) is 0 Å². The van der Waals surface area contributed by atoms with E-state index < -0.39 is 5.54 Å². The van der Waals surface area contributed by atoms with Gasteiger partial charge in [-0.15, -0.1) is 0 Å². The molecule has 5 nitrogen and oxygen atoms in total. The Balaban J connectivity index is 2.00. The zero-order chi connectivity index (χ0) is 13.9. The van der Waals surface area contributed by atoms with Crippen molar-refractivity contribution in [3.05, 3.63) is 0 Å². The van der Waals surface area contributed by atoms with Gasteiger partial charge < -0.3 is 16.8 Å². The first-order valence-electron chi connectivity index (χ1n) is 7.41. The maximum absolute atomic E-state index is 12.3. The summed E-state index contributed by atoms with van der Waals surface area (Å²) in [5.41, 5.74) is 10.6. The van der Waals surface area contributed by atoms with E-state index in [-0.39, 0.29) is 23.8 Å². The zero-order valence-electron chi connectivity index (χ0n) is 11.5. The van der Waals surface area contributed by atoms with Crippen LogP contribution in [0.25, 0.3) is 0 Å². The Kier molecular flexibility index (Phi) is 4.45. The molecule has 0 saturated heterocycles. The van der Waals surface area contributed by atoms with E-state index in [1.807, 2.05) is 0 Å². The summed E-state index contributed by atoms with van der Waals surface area (Å²) >= 11 is 0. The van der Waals surface area contributed by atoms with Gasteiger partial charge in [-0.1, -0.05) is 25.7 Å². The van der Waals surface area contributed by atoms with Crippen LogP contribution in [-0.2, 0) is 9.59 Å². The number of hydrogen-bond donors (Lipinski definition) is 3. The molecule has 19 heavy (non-hydrogen) atoms. The Bertz CT molecular complexity index is 351. The van der Waals surface area contributed by atoms with Crippen LogP contribution in [0, 0.1) is 5.92 Å². The summed E-state index contributed by atoms with van der Waals surface area (Å²) in [5, 5.41) is 2.95.